The molecular weight excluding hydrogens is 2400 g/mol. The summed E-state index contributed by atoms with van der Waals surface area (Å²) >= 11 is 66.5. The van der Waals surface area contributed by atoms with Crippen LogP contribution in [0.2, 0.25) is 0 Å². The molecule has 0 atom stereocenters. The molecule has 0 saturated carbocycles. The molecule has 0 unspecified atom stereocenters. The van der Waals surface area contributed by atoms with Gasteiger partial charge in [-0.05, 0) is 475 Å². The fourth-order valence-corrected chi connectivity index (χ4v) is 0. The van der Waals surface area contributed by atoms with Crippen LogP contribution in [-0.4, -0.2) is 475 Å². The zero-order chi connectivity index (χ0) is 103. The number of thiol groups is 3. The molecule has 0 radical (unpaired) electrons. The van der Waals surface area contributed by atoms with Gasteiger partial charge < -0.3 is 40.5 Å². The molecule has 0 nitrogen and oxygen atoms in total. The third-order valence-electron chi connectivity index (χ3n) is 0. The van der Waals surface area contributed by atoms with Crippen molar-refractivity contribution < 1.29 is 51.2 Å². The third-order valence-corrected chi connectivity index (χ3v) is 0. The fourth-order valence-electron chi connectivity index (χ4n) is 0. The van der Waals surface area contributed by atoms with Gasteiger partial charge in [0.25, 0.3) is 0 Å². The Balaban J connectivity index is -0.0000000118. The van der Waals surface area contributed by atoms with Crippen LogP contribution in [-0.2, 0) is 91.7 Å². The first-order valence-corrected chi connectivity index (χ1v) is 93.1. The molecule has 0 amide bonds. The normalized spacial score (nSPS) is 5.70. The Morgan fingerprint density at radius 1 is 0.0500 bits per heavy atom. The van der Waals surface area contributed by atoms with Crippen LogP contribution in [0.3, 0.4) is 0 Å². The van der Waals surface area contributed by atoms with E-state index in [9.17, 15) is 0 Å². The molecule has 0 aromatic carbocycles. The van der Waals surface area contributed by atoms with E-state index in [1.54, 1.807) is 447 Å². The third kappa shape index (κ3) is 9350. The minimum absolute atomic E-state index is 0. The van der Waals surface area contributed by atoms with Crippen molar-refractivity contribution in [2.24, 2.45) is 0 Å². The van der Waals surface area contributed by atoms with Crippen LogP contribution in [0, 0.1) is 0 Å². The molecule has 0 aromatic heterocycles. The Bertz CT molecular complexity index is 329. The van der Waals surface area contributed by atoms with E-state index in [-0.39, 0.29) is 91.7 Å². The SMILES string of the molecule is CSC.CSC.CSC.CSC.CSC.CSC.CSC.CSC.CSC.CSC.CSC.CSC.CSC.CSC.CSC.CSC.CSC.CSC.CSC.CSC.CSC.CSC.CSC.CSC.CSC.CSC.CSC.CSC.CSC.CSC.CSC.CSC.CSC.CSC.CSC.CSC.CSC.CSC.[Fe].[Fe].[Fe].[SH-].[SH-].[SH-]. The smallest absolute Gasteiger partial charge is 0 e. The van der Waals surface area contributed by atoms with Crippen molar-refractivity contribution >= 4 is 487 Å². The number of rotatable bonds is 0. The number of thioether (sulfide) groups is 38. The zero-order valence-corrected chi connectivity index (χ0v) is 131. The Morgan fingerprint density at radius 2 is 0.0500 bits per heavy atom. The van der Waals surface area contributed by atoms with Gasteiger partial charge in [-0.3, -0.25) is 0 Å². The molecule has 0 aromatic rings. The Morgan fingerprint density at radius 3 is 0.0500 bits per heavy atom. The van der Waals surface area contributed by atoms with Crippen molar-refractivity contribution in [1.82, 2.24) is 0 Å². The van der Waals surface area contributed by atoms with Gasteiger partial charge in [-0.1, -0.05) is 0 Å². The van der Waals surface area contributed by atoms with Crippen molar-refractivity contribution in [3.8, 4) is 0 Å². The summed E-state index contributed by atoms with van der Waals surface area (Å²) in [7, 11) is 0. The summed E-state index contributed by atoms with van der Waals surface area (Å²) in [4.78, 5) is 0. The molecule has 0 saturated heterocycles. The van der Waals surface area contributed by atoms with E-state index >= 15 is 0 Å². The second kappa shape index (κ2) is 832. The molecule has 0 aliphatic heterocycles. The standard InChI is InChI=1S/38C2H6S.3Fe.3H2S/c38*1-3-2;;;;;;/h38*1-2H3;;;;3*1H2/p-3. The van der Waals surface area contributed by atoms with Gasteiger partial charge in [0.1, 0.15) is 0 Å². The number of hydrogen-bond donors (Lipinski definition) is 0. The van der Waals surface area contributed by atoms with Crippen molar-refractivity contribution in [1.29, 1.82) is 0 Å². The zero-order valence-electron chi connectivity index (χ0n) is 93.9. The molecule has 0 heterocycles. The van der Waals surface area contributed by atoms with Crippen LogP contribution in [0.4, 0.5) is 0 Å². The van der Waals surface area contributed by atoms with Crippen LogP contribution >= 0.6 is 447 Å². The molecule has 0 bridgehead atoms. The maximum absolute atomic E-state index is 2.04. The van der Waals surface area contributed by atoms with E-state index < -0.39 is 0 Å². The minimum atomic E-state index is 0. The summed E-state index contributed by atoms with van der Waals surface area (Å²) in [5.74, 6) is 0. The predicted molar refractivity (Wildman–Crippen MR) is 765 cm³/mol. The van der Waals surface area contributed by atoms with Gasteiger partial charge in [-0.15, -0.1) is 0 Å². The first-order chi connectivity index (χ1) is 53.7. The molecule has 0 spiro atoms. The van der Waals surface area contributed by atoms with Crippen LogP contribution in [0.15, 0.2) is 0 Å². The van der Waals surface area contributed by atoms with Crippen LogP contribution in [0.1, 0.15) is 0 Å². The van der Waals surface area contributed by atoms with E-state index in [1.807, 2.05) is 475 Å². The van der Waals surface area contributed by atoms with Gasteiger partial charge in [-0.25, -0.2) is 0 Å². The van der Waals surface area contributed by atoms with Crippen LogP contribution < -0.4 is 0 Å². The summed E-state index contributed by atoms with van der Waals surface area (Å²) in [6, 6.07) is 0. The van der Waals surface area contributed by atoms with Crippen molar-refractivity contribution in [3.63, 3.8) is 0 Å². The van der Waals surface area contributed by atoms with E-state index in [2.05, 4.69) is 0 Å². The molecular formula is C76H231Fe3S41-3. The largest absolute Gasteiger partial charge is 0.813 e. The molecule has 808 valence electrons. The van der Waals surface area contributed by atoms with E-state index in [0.717, 1.165) is 0 Å². The molecule has 44 heteroatoms. The molecule has 0 rings (SSSR count). The first-order valence-electron chi connectivity index (χ1n) is 31.0. The molecule has 0 aliphatic carbocycles. The van der Waals surface area contributed by atoms with Crippen molar-refractivity contribution in [3.05, 3.63) is 0 Å². The number of hydrogen-bond acceptors (Lipinski definition) is 41. The van der Waals surface area contributed by atoms with Crippen molar-refractivity contribution in [2.45, 2.75) is 0 Å². The maximum Gasteiger partial charge on any atom is 0 e. The van der Waals surface area contributed by atoms with Crippen LogP contribution in [0.25, 0.3) is 0 Å². The van der Waals surface area contributed by atoms with Gasteiger partial charge in [0.2, 0.25) is 0 Å². The van der Waals surface area contributed by atoms with Gasteiger partial charge >= 0.3 is 0 Å². The molecule has 0 fully saturated rings. The maximum atomic E-state index is 2.04. The Hall–Kier alpha value is 15.9. The van der Waals surface area contributed by atoms with E-state index in [1.165, 1.54) is 0 Å². The topological polar surface area (TPSA) is 0 Å². The second-order valence-electron chi connectivity index (χ2n) is 15.5. The molecule has 0 aliphatic rings. The average molecular weight is 2630 g/mol. The summed E-state index contributed by atoms with van der Waals surface area (Å²) < 4.78 is 0. The van der Waals surface area contributed by atoms with E-state index in [0.29, 0.717) is 0 Å². The van der Waals surface area contributed by atoms with Crippen LogP contribution in [0.5, 0.6) is 0 Å². The minimum Gasteiger partial charge on any atom is -0.813 e. The van der Waals surface area contributed by atoms with Crippen molar-refractivity contribution in [2.75, 3.05) is 475 Å². The quantitative estimate of drug-likeness (QED) is 0.128. The molecule has 0 N–H and O–H groups in total. The van der Waals surface area contributed by atoms with Gasteiger partial charge in [0, 0.05) is 51.2 Å². The first kappa shape index (κ1) is 293. The summed E-state index contributed by atoms with van der Waals surface area (Å²) in [5.41, 5.74) is 0. The van der Waals surface area contributed by atoms with Gasteiger partial charge in [0.05, 0.1) is 0 Å². The molecule has 120 heavy (non-hydrogen) atoms. The Labute approximate surface area is 997 Å². The fraction of sp³-hybridized carbons (Fsp3) is 1.00. The monoisotopic (exact) mass is 2620 g/mol. The summed E-state index contributed by atoms with van der Waals surface area (Å²) in [6.07, 6.45) is 155. The average Bonchev–Trinajstić information content (AvgIpc) is 3.58. The van der Waals surface area contributed by atoms with E-state index in [4.69, 9.17) is 0 Å². The summed E-state index contributed by atoms with van der Waals surface area (Å²) in [5, 5.41) is 0. The summed E-state index contributed by atoms with van der Waals surface area (Å²) in [6.45, 7) is 0. The Kier molecular flexibility index (Phi) is 2030. The van der Waals surface area contributed by atoms with Gasteiger partial charge in [-0.2, -0.15) is 447 Å². The van der Waals surface area contributed by atoms with Gasteiger partial charge in [0.15, 0.2) is 0 Å². The second-order valence-corrected chi connectivity index (χ2v) is 46.5. The predicted octanol–water partition coefficient (Wildman–Crippen LogP) is 36.4.